The van der Waals surface area contributed by atoms with E-state index in [2.05, 4.69) is 10.3 Å². The molecule has 3 rings (SSSR count). The number of hydrogen-bond acceptors (Lipinski definition) is 5. The number of furan rings is 1. The molecule has 0 bridgehead atoms. The Bertz CT molecular complexity index is 825. The lowest BCUT2D eigenvalue weighted by atomic mass is 10.4. The molecular formula is C15H13N3O4S. The summed E-state index contributed by atoms with van der Waals surface area (Å²) in [6, 6.07) is 8.15. The van der Waals surface area contributed by atoms with Gasteiger partial charge in [0.05, 0.1) is 24.0 Å². The van der Waals surface area contributed by atoms with Crippen molar-refractivity contribution in [2.45, 2.75) is 4.90 Å². The fraction of sp³-hybridized carbons (Fsp3) is 0.0667. The highest BCUT2D eigenvalue weighted by molar-refractivity contribution is 7.83. The molecule has 0 aliphatic carbocycles. The lowest BCUT2D eigenvalue weighted by molar-refractivity contribution is 0.0996. The van der Waals surface area contributed by atoms with Crippen LogP contribution >= 0.6 is 0 Å². The highest BCUT2D eigenvalue weighted by Gasteiger charge is 2.12. The molecule has 0 saturated heterocycles. The Morgan fingerprint density at radius 1 is 1.35 bits per heavy atom. The summed E-state index contributed by atoms with van der Waals surface area (Å²) in [6.45, 7) is 0. The number of carbonyl (C=O) groups excluding carboxylic acids is 1. The van der Waals surface area contributed by atoms with Gasteiger partial charge in [-0.1, -0.05) is 0 Å². The molecule has 1 N–H and O–H groups in total. The fourth-order valence-corrected chi connectivity index (χ4v) is 2.82. The molecule has 1 unspecified atom stereocenters. The van der Waals surface area contributed by atoms with Gasteiger partial charge in [-0.15, -0.1) is 0 Å². The van der Waals surface area contributed by atoms with Gasteiger partial charge >= 0.3 is 0 Å². The van der Waals surface area contributed by atoms with Crippen LogP contribution in [-0.4, -0.2) is 26.2 Å². The Labute approximate surface area is 134 Å². The summed E-state index contributed by atoms with van der Waals surface area (Å²) in [6.07, 6.45) is 6.08. The normalized spacial score (nSPS) is 11.9. The highest BCUT2D eigenvalue weighted by atomic mass is 32.2. The summed E-state index contributed by atoms with van der Waals surface area (Å²) < 4.78 is 23.9. The molecule has 3 heterocycles. The van der Waals surface area contributed by atoms with Crippen molar-refractivity contribution in [1.82, 2.24) is 8.96 Å². The van der Waals surface area contributed by atoms with Crippen molar-refractivity contribution in [2.75, 3.05) is 12.4 Å². The average Bonchev–Trinajstić information content (AvgIpc) is 3.26. The van der Waals surface area contributed by atoms with E-state index in [0.717, 1.165) is 0 Å². The maximum atomic E-state index is 12.4. The van der Waals surface area contributed by atoms with Gasteiger partial charge < -0.3 is 14.5 Å². The second-order valence-corrected chi connectivity index (χ2v) is 5.87. The van der Waals surface area contributed by atoms with Crippen LogP contribution in [0.15, 0.2) is 64.5 Å². The van der Waals surface area contributed by atoms with E-state index >= 15 is 0 Å². The van der Waals surface area contributed by atoms with Crippen LogP contribution < -0.4 is 10.1 Å². The second kappa shape index (κ2) is 6.49. The molecule has 0 radical (unpaired) electrons. The first-order valence-corrected chi connectivity index (χ1v) is 7.73. The van der Waals surface area contributed by atoms with Crippen molar-refractivity contribution in [3.63, 3.8) is 0 Å². The van der Waals surface area contributed by atoms with E-state index in [1.165, 1.54) is 23.5 Å². The van der Waals surface area contributed by atoms with E-state index in [-0.39, 0.29) is 11.7 Å². The molecule has 1 amide bonds. The summed E-state index contributed by atoms with van der Waals surface area (Å²) in [7, 11) is 0.0489. The summed E-state index contributed by atoms with van der Waals surface area (Å²) in [4.78, 5) is 16.4. The Hall–Kier alpha value is -2.87. The van der Waals surface area contributed by atoms with Crippen LogP contribution in [-0.2, 0) is 11.0 Å². The Kier molecular flexibility index (Phi) is 4.24. The molecule has 0 fully saturated rings. The first kappa shape index (κ1) is 15.0. The molecular weight excluding hydrogens is 318 g/mol. The van der Waals surface area contributed by atoms with Gasteiger partial charge in [0.15, 0.2) is 16.7 Å². The highest BCUT2D eigenvalue weighted by Crippen LogP contribution is 2.16. The van der Waals surface area contributed by atoms with Crippen LogP contribution in [0.4, 0.5) is 5.69 Å². The van der Waals surface area contributed by atoms with E-state index < -0.39 is 11.0 Å². The standard InChI is InChI=1S/C15H13N3O4S/c1-21-14-5-4-12(9-16-14)23(20)18-7-6-11(10-18)17-15(19)13-3-2-8-22-13/h2-10H,1H3,(H,17,19). The van der Waals surface area contributed by atoms with Crippen molar-refractivity contribution >= 4 is 22.6 Å². The van der Waals surface area contributed by atoms with Gasteiger partial charge in [0.25, 0.3) is 5.91 Å². The predicted octanol–water partition coefficient (Wildman–Crippen LogP) is 2.31. The van der Waals surface area contributed by atoms with Gasteiger partial charge in [-0.25, -0.2) is 9.19 Å². The predicted molar refractivity (Wildman–Crippen MR) is 83.7 cm³/mol. The number of methoxy groups -OCH3 is 1. The number of pyridine rings is 1. The number of hydrogen-bond donors (Lipinski definition) is 1. The number of ether oxygens (including phenoxy) is 1. The number of aromatic nitrogens is 2. The topological polar surface area (TPSA) is 86.4 Å². The quantitative estimate of drug-likeness (QED) is 0.775. The zero-order valence-electron chi connectivity index (χ0n) is 12.1. The molecule has 3 aromatic heterocycles. The third-order valence-corrected chi connectivity index (χ3v) is 4.24. The molecule has 0 aromatic carbocycles. The van der Waals surface area contributed by atoms with E-state index in [4.69, 9.17) is 9.15 Å². The maximum Gasteiger partial charge on any atom is 0.291 e. The summed E-state index contributed by atoms with van der Waals surface area (Å²) in [5.41, 5.74) is 0.515. The van der Waals surface area contributed by atoms with Crippen molar-refractivity contribution in [1.29, 1.82) is 0 Å². The van der Waals surface area contributed by atoms with Crippen LogP contribution in [0.5, 0.6) is 5.88 Å². The average molecular weight is 331 g/mol. The minimum Gasteiger partial charge on any atom is -0.481 e. The van der Waals surface area contributed by atoms with Gasteiger partial charge in [0.1, 0.15) is 0 Å². The SMILES string of the molecule is COc1ccc(S(=O)n2ccc(NC(=O)c3ccco3)c2)cn1. The van der Waals surface area contributed by atoms with E-state index in [0.29, 0.717) is 16.5 Å². The molecule has 23 heavy (non-hydrogen) atoms. The molecule has 7 nitrogen and oxygen atoms in total. The van der Waals surface area contributed by atoms with Crippen LogP contribution in [0.2, 0.25) is 0 Å². The molecule has 1 atom stereocenters. The fourth-order valence-electron chi connectivity index (χ4n) is 1.87. The lowest BCUT2D eigenvalue weighted by Crippen LogP contribution is -2.10. The maximum absolute atomic E-state index is 12.4. The van der Waals surface area contributed by atoms with Gasteiger partial charge in [-0.05, 0) is 24.3 Å². The van der Waals surface area contributed by atoms with Gasteiger partial charge in [0.2, 0.25) is 5.88 Å². The second-order valence-electron chi connectivity index (χ2n) is 4.48. The van der Waals surface area contributed by atoms with Crippen molar-refractivity contribution in [3.8, 4) is 5.88 Å². The number of nitrogens with one attached hydrogen (secondary N) is 1. The summed E-state index contributed by atoms with van der Waals surface area (Å²) in [5.74, 6) is 0.285. The van der Waals surface area contributed by atoms with Crippen molar-refractivity contribution < 1.29 is 18.2 Å². The molecule has 0 aliphatic heterocycles. The minimum atomic E-state index is -1.46. The van der Waals surface area contributed by atoms with Crippen LogP contribution in [0, 0.1) is 0 Å². The smallest absolute Gasteiger partial charge is 0.291 e. The Morgan fingerprint density at radius 3 is 2.87 bits per heavy atom. The molecule has 3 aromatic rings. The van der Waals surface area contributed by atoms with Crippen LogP contribution in [0.25, 0.3) is 0 Å². The largest absolute Gasteiger partial charge is 0.481 e. The number of carbonyl (C=O) groups is 1. The number of amides is 1. The first-order valence-electron chi connectivity index (χ1n) is 6.62. The summed E-state index contributed by atoms with van der Waals surface area (Å²) in [5, 5.41) is 2.67. The van der Waals surface area contributed by atoms with Gasteiger partial charge in [-0.2, -0.15) is 0 Å². The zero-order chi connectivity index (χ0) is 16.2. The van der Waals surface area contributed by atoms with Crippen molar-refractivity contribution in [2.24, 2.45) is 0 Å². The molecule has 8 heteroatoms. The Morgan fingerprint density at radius 2 is 2.22 bits per heavy atom. The summed E-state index contributed by atoms with van der Waals surface area (Å²) >= 11 is 0. The first-order chi connectivity index (χ1) is 11.2. The van der Waals surface area contributed by atoms with E-state index in [1.54, 1.807) is 42.7 Å². The monoisotopic (exact) mass is 331 g/mol. The van der Waals surface area contributed by atoms with E-state index in [9.17, 15) is 9.00 Å². The number of anilines is 1. The van der Waals surface area contributed by atoms with Crippen LogP contribution in [0.3, 0.4) is 0 Å². The van der Waals surface area contributed by atoms with Gasteiger partial charge in [-0.3, -0.25) is 8.77 Å². The molecule has 0 spiro atoms. The molecule has 0 aliphatic rings. The van der Waals surface area contributed by atoms with E-state index in [1.807, 2.05) is 0 Å². The van der Waals surface area contributed by atoms with Crippen molar-refractivity contribution in [3.05, 3.63) is 60.9 Å². The van der Waals surface area contributed by atoms with Crippen LogP contribution in [0.1, 0.15) is 10.6 Å². The number of nitrogens with zero attached hydrogens (tertiary/aromatic N) is 2. The molecule has 0 saturated carbocycles. The number of rotatable bonds is 5. The van der Waals surface area contributed by atoms with Gasteiger partial charge in [0, 0.05) is 24.7 Å². The minimum absolute atomic E-state index is 0.207. The zero-order valence-corrected chi connectivity index (χ0v) is 12.9. The Balaban J connectivity index is 1.73. The third kappa shape index (κ3) is 3.32. The third-order valence-electron chi connectivity index (χ3n) is 2.98. The molecule has 118 valence electrons. The lowest BCUT2D eigenvalue weighted by Gasteiger charge is -2.04.